The second-order valence-electron chi connectivity index (χ2n) is 2.44. The molecule has 0 saturated carbocycles. The average molecular weight is 149 g/mol. The fraction of sp³-hybridized carbons (Fsp3) is 0.500. The Morgan fingerprint density at radius 2 is 2.45 bits per heavy atom. The first-order valence-corrected chi connectivity index (χ1v) is 3.77. The molecular weight excluding hydrogens is 138 g/mol. The van der Waals surface area contributed by atoms with Gasteiger partial charge in [-0.15, -0.1) is 0 Å². The highest BCUT2D eigenvalue weighted by Crippen LogP contribution is 2.01. The molecule has 0 spiro atoms. The van der Waals surface area contributed by atoms with E-state index >= 15 is 0 Å². The molecule has 0 bridgehead atoms. The maximum atomic E-state index is 8.25. The van der Waals surface area contributed by atoms with Crippen molar-refractivity contribution in [2.24, 2.45) is 0 Å². The van der Waals surface area contributed by atoms with Crippen molar-refractivity contribution < 1.29 is 0 Å². The maximum absolute atomic E-state index is 8.25. The van der Waals surface area contributed by atoms with Gasteiger partial charge in [-0.1, -0.05) is 0 Å². The molecule has 1 heterocycles. The average Bonchev–Trinajstić information content (AvgIpc) is 2.50. The Balaban J connectivity index is 2.10. The maximum Gasteiger partial charge on any atom is 0.0921 e. The lowest BCUT2D eigenvalue weighted by Crippen LogP contribution is -1.84. The second-order valence-corrected chi connectivity index (χ2v) is 2.44. The van der Waals surface area contributed by atoms with E-state index in [0.717, 1.165) is 25.0 Å². The van der Waals surface area contributed by atoms with E-state index < -0.39 is 0 Å². The molecule has 0 fully saturated rings. The highest BCUT2D eigenvalue weighted by atomic mass is 14.9. The lowest BCUT2D eigenvalue weighted by molar-refractivity contribution is 0.742. The number of unbranched alkanes of at least 4 members (excludes halogenated alkanes) is 2. The molecule has 1 N–H and O–H groups in total. The van der Waals surface area contributed by atoms with E-state index in [0.29, 0.717) is 6.42 Å². The molecule has 0 radical (unpaired) electrons. The van der Waals surface area contributed by atoms with Crippen molar-refractivity contribution in [3.8, 4) is 6.07 Å². The lowest BCUT2D eigenvalue weighted by Gasteiger charge is -1.92. The van der Waals surface area contributed by atoms with Gasteiger partial charge in [-0.3, -0.25) is 0 Å². The van der Waals surface area contributed by atoms with Crippen molar-refractivity contribution in [2.75, 3.05) is 0 Å². The summed E-state index contributed by atoms with van der Waals surface area (Å²) in [7, 11) is 0. The second kappa shape index (κ2) is 4.51. The normalized spacial score (nSPS) is 9.36. The summed E-state index contributed by atoms with van der Waals surface area (Å²) in [5, 5.41) is 8.25. The quantitative estimate of drug-likeness (QED) is 0.662. The number of H-pyrrole nitrogens is 1. The van der Waals surface area contributed by atoms with Crippen LogP contribution in [0.3, 0.4) is 0 Å². The molecule has 0 amide bonds. The van der Waals surface area contributed by atoms with Gasteiger partial charge < -0.3 is 4.98 Å². The number of aromatic nitrogens is 2. The van der Waals surface area contributed by atoms with E-state index in [1.54, 1.807) is 6.33 Å². The predicted molar refractivity (Wildman–Crippen MR) is 41.8 cm³/mol. The number of nitriles is 1. The number of hydrogen-bond donors (Lipinski definition) is 1. The van der Waals surface area contributed by atoms with Gasteiger partial charge in [0.2, 0.25) is 0 Å². The van der Waals surface area contributed by atoms with Crippen molar-refractivity contribution in [1.82, 2.24) is 9.97 Å². The minimum Gasteiger partial charge on any atom is -0.348 e. The topological polar surface area (TPSA) is 52.5 Å². The van der Waals surface area contributed by atoms with Crippen LogP contribution in [0, 0.1) is 11.3 Å². The van der Waals surface area contributed by atoms with Gasteiger partial charge in [0.25, 0.3) is 0 Å². The van der Waals surface area contributed by atoms with Gasteiger partial charge in [-0.05, 0) is 19.3 Å². The summed E-state index contributed by atoms with van der Waals surface area (Å²) < 4.78 is 0. The van der Waals surface area contributed by atoms with Gasteiger partial charge in [0, 0.05) is 18.3 Å². The van der Waals surface area contributed by atoms with E-state index in [4.69, 9.17) is 5.26 Å². The zero-order valence-corrected chi connectivity index (χ0v) is 6.38. The Morgan fingerprint density at radius 3 is 3.09 bits per heavy atom. The first-order valence-electron chi connectivity index (χ1n) is 3.77. The Morgan fingerprint density at radius 1 is 1.55 bits per heavy atom. The number of nitrogens with one attached hydrogen (secondary N) is 1. The molecule has 1 aromatic rings. The summed E-state index contributed by atoms with van der Waals surface area (Å²) in [4.78, 5) is 6.92. The number of imidazole rings is 1. The summed E-state index contributed by atoms with van der Waals surface area (Å²) in [6, 6.07) is 2.12. The van der Waals surface area contributed by atoms with Crippen LogP contribution >= 0.6 is 0 Å². The third kappa shape index (κ3) is 2.85. The minimum absolute atomic E-state index is 0.661. The molecule has 0 unspecified atom stereocenters. The van der Waals surface area contributed by atoms with E-state index in [9.17, 15) is 0 Å². The predicted octanol–water partition coefficient (Wildman–Crippen LogP) is 1.65. The number of aryl methyl sites for hydroxylation is 1. The number of rotatable bonds is 4. The number of nitrogens with zero attached hydrogens (tertiary/aromatic N) is 2. The van der Waals surface area contributed by atoms with Crippen LogP contribution in [0.5, 0.6) is 0 Å². The van der Waals surface area contributed by atoms with Crippen molar-refractivity contribution in [3.63, 3.8) is 0 Å². The van der Waals surface area contributed by atoms with Crippen LogP contribution in [0.2, 0.25) is 0 Å². The van der Waals surface area contributed by atoms with Gasteiger partial charge in [0.05, 0.1) is 12.4 Å². The van der Waals surface area contributed by atoms with Crippen molar-refractivity contribution in [1.29, 1.82) is 5.26 Å². The summed E-state index contributed by atoms with van der Waals surface area (Å²) >= 11 is 0. The van der Waals surface area contributed by atoms with Crippen LogP contribution < -0.4 is 0 Å². The monoisotopic (exact) mass is 149 g/mol. The molecule has 0 aliphatic heterocycles. The summed E-state index contributed by atoms with van der Waals surface area (Å²) in [6.45, 7) is 0. The third-order valence-electron chi connectivity index (χ3n) is 1.54. The molecule has 0 aliphatic carbocycles. The van der Waals surface area contributed by atoms with E-state index in [-0.39, 0.29) is 0 Å². The standard InChI is InChI=1S/C8H11N3/c9-5-3-1-2-4-8-6-10-7-11-8/h6-7H,1-4H2,(H,10,11). The van der Waals surface area contributed by atoms with Gasteiger partial charge in [-0.25, -0.2) is 4.98 Å². The van der Waals surface area contributed by atoms with Gasteiger partial charge in [-0.2, -0.15) is 5.26 Å². The minimum atomic E-state index is 0.661. The molecule has 0 aromatic carbocycles. The van der Waals surface area contributed by atoms with Gasteiger partial charge in [0.15, 0.2) is 0 Å². The molecule has 1 rings (SSSR count). The zero-order valence-electron chi connectivity index (χ0n) is 6.38. The third-order valence-corrected chi connectivity index (χ3v) is 1.54. The zero-order chi connectivity index (χ0) is 7.94. The fourth-order valence-corrected chi connectivity index (χ4v) is 0.941. The smallest absolute Gasteiger partial charge is 0.0921 e. The van der Waals surface area contributed by atoms with Gasteiger partial charge in [0.1, 0.15) is 0 Å². The Labute approximate surface area is 66.1 Å². The Bertz CT molecular complexity index is 220. The summed E-state index contributed by atoms with van der Waals surface area (Å²) in [5.41, 5.74) is 1.16. The molecular formula is C8H11N3. The van der Waals surface area contributed by atoms with Crippen LogP contribution in [0.25, 0.3) is 0 Å². The summed E-state index contributed by atoms with van der Waals surface area (Å²) in [6.07, 6.45) is 7.22. The Kier molecular flexibility index (Phi) is 3.20. The number of hydrogen-bond acceptors (Lipinski definition) is 2. The molecule has 3 heteroatoms. The fourth-order valence-electron chi connectivity index (χ4n) is 0.941. The van der Waals surface area contributed by atoms with E-state index in [2.05, 4.69) is 16.0 Å². The molecule has 3 nitrogen and oxygen atoms in total. The summed E-state index contributed by atoms with van der Waals surface area (Å²) in [5.74, 6) is 0. The molecule has 0 atom stereocenters. The van der Waals surface area contributed by atoms with Crippen LogP contribution in [0.15, 0.2) is 12.5 Å². The van der Waals surface area contributed by atoms with Crippen LogP contribution in [0.1, 0.15) is 25.0 Å². The lowest BCUT2D eigenvalue weighted by atomic mass is 10.2. The number of aromatic amines is 1. The molecule has 0 saturated heterocycles. The van der Waals surface area contributed by atoms with Crippen LogP contribution in [0.4, 0.5) is 0 Å². The highest BCUT2D eigenvalue weighted by Gasteiger charge is 1.92. The first-order chi connectivity index (χ1) is 5.43. The van der Waals surface area contributed by atoms with Crippen molar-refractivity contribution in [3.05, 3.63) is 18.2 Å². The molecule has 1 aromatic heterocycles. The van der Waals surface area contributed by atoms with Crippen molar-refractivity contribution in [2.45, 2.75) is 25.7 Å². The van der Waals surface area contributed by atoms with E-state index in [1.165, 1.54) is 0 Å². The molecule has 58 valence electrons. The van der Waals surface area contributed by atoms with Crippen LogP contribution in [-0.2, 0) is 6.42 Å². The van der Waals surface area contributed by atoms with Crippen molar-refractivity contribution >= 4 is 0 Å². The molecule has 11 heavy (non-hydrogen) atoms. The SMILES string of the molecule is N#CCCCCc1cnc[nH]1. The Hall–Kier alpha value is -1.30. The highest BCUT2D eigenvalue weighted by molar-refractivity contribution is 4.93. The largest absolute Gasteiger partial charge is 0.348 e. The van der Waals surface area contributed by atoms with Gasteiger partial charge >= 0.3 is 0 Å². The van der Waals surface area contributed by atoms with Crippen LogP contribution in [-0.4, -0.2) is 9.97 Å². The first kappa shape index (κ1) is 7.80. The molecule has 0 aliphatic rings. The van der Waals surface area contributed by atoms with E-state index in [1.807, 2.05) is 6.20 Å².